The Hall–Kier alpha value is -1.98. The number of hydrogen-bond acceptors (Lipinski definition) is 2. The van der Waals surface area contributed by atoms with Gasteiger partial charge in [-0.25, -0.2) is 8.78 Å². The van der Waals surface area contributed by atoms with E-state index in [-0.39, 0.29) is 23.3 Å². The zero-order valence-electron chi connectivity index (χ0n) is 12.9. The average molecular weight is 351 g/mol. The van der Waals surface area contributed by atoms with Crippen LogP contribution >= 0.6 is 11.6 Å². The first kappa shape index (κ1) is 16.9. The van der Waals surface area contributed by atoms with E-state index in [9.17, 15) is 13.6 Å². The summed E-state index contributed by atoms with van der Waals surface area (Å²) in [6, 6.07) is 10.7. The summed E-state index contributed by atoms with van der Waals surface area (Å²) in [6.45, 7) is 0.805. The molecule has 2 aromatic carbocycles. The monoisotopic (exact) mass is 350 g/mol. The summed E-state index contributed by atoms with van der Waals surface area (Å²) in [6.07, 6.45) is 2.10. The molecular formula is C18H17ClF2N2O. The number of halogens is 3. The third kappa shape index (κ3) is 4.52. The van der Waals surface area contributed by atoms with Crippen LogP contribution in [0.3, 0.4) is 0 Å². The molecule has 1 aliphatic rings. The van der Waals surface area contributed by atoms with Gasteiger partial charge in [-0.3, -0.25) is 9.69 Å². The third-order valence-electron chi connectivity index (χ3n) is 3.91. The summed E-state index contributed by atoms with van der Waals surface area (Å²) in [7, 11) is 0. The zero-order valence-corrected chi connectivity index (χ0v) is 13.7. The molecular weight excluding hydrogens is 334 g/mol. The van der Waals surface area contributed by atoms with Crippen molar-refractivity contribution in [1.82, 2.24) is 4.90 Å². The Morgan fingerprint density at radius 1 is 1.17 bits per heavy atom. The smallest absolute Gasteiger partial charge is 0.238 e. The van der Waals surface area contributed by atoms with E-state index in [1.807, 2.05) is 0 Å². The van der Waals surface area contributed by atoms with Crippen molar-refractivity contribution in [2.45, 2.75) is 25.4 Å². The van der Waals surface area contributed by atoms with Crippen LogP contribution in [0.5, 0.6) is 0 Å². The SMILES string of the molecule is O=C(CN(Cc1ccc(F)cc1)C1CC1)Nc1ccc(F)c(Cl)c1. The highest BCUT2D eigenvalue weighted by atomic mass is 35.5. The fourth-order valence-electron chi connectivity index (χ4n) is 2.54. The molecule has 2 aromatic rings. The highest BCUT2D eigenvalue weighted by Crippen LogP contribution is 2.28. The lowest BCUT2D eigenvalue weighted by atomic mass is 10.2. The Morgan fingerprint density at radius 3 is 2.50 bits per heavy atom. The van der Waals surface area contributed by atoms with Crippen molar-refractivity contribution in [3.63, 3.8) is 0 Å². The molecule has 3 rings (SSSR count). The number of carbonyl (C=O) groups excluding carboxylic acids is 1. The van der Waals surface area contributed by atoms with Crippen molar-refractivity contribution in [2.75, 3.05) is 11.9 Å². The Labute approximate surface area is 144 Å². The van der Waals surface area contributed by atoms with E-state index in [0.717, 1.165) is 18.4 Å². The zero-order chi connectivity index (χ0) is 17.1. The van der Waals surface area contributed by atoms with Gasteiger partial charge < -0.3 is 5.32 Å². The topological polar surface area (TPSA) is 32.3 Å². The van der Waals surface area contributed by atoms with Gasteiger partial charge in [0.05, 0.1) is 11.6 Å². The van der Waals surface area contributed by atoms with Gasteiger partial charge in [0.2, 0.25) is 5.91 Å². The maximum atomic E-state index is 13.2. The molecule has 1 N–H and O–H groups in total. The Balaban J connectivity index is 1.61. The van der Waals surface area contributed by atoms with E-state index in [0.29, 0.717) is 18.3 Å². The molecule has 0 unspecified atom stereocenters. The number of nitrogens with one attached hydrogen (secondary N) is 1. The van der Waals surface area contributed by atoms with Gasteiger partial charge in [0, 0.05) is 18.3 Å². The number of amides is 1. The van der Waals surface area contributed by atoms with E-state index in [2.05, 4.69) is 10.2 Å². The summed E-state index contributed by atoms with van der Waals surface area (Å²) in [5, 5.41) is 2.70. The first-order chi connectivity index (χ1) is 11.5. The van der Waals surface area contributed by atoms with Gasteiger partial charge in [-0.1, -0.05) is 23.7 Å². The second kappa shape index (κ2) is 7.28. The predicted octanol–water partition coefficient (Wildman–Crippen LogP) is 4.22. The molecule has 0 aromatic heterocycles. The second-order valence-corrected chi connectivity index (χ2v) is 6.35. The van der Waals surface area contributed by atoms with Gasteiger partial charge in [0.25, 0.3) is 0 Å². The lowest BCUT2D eigenvalue weighted by Gasteiger charge is -2.21. The van der Waals surface area contributed by atoms with E-state index in [1.165, 1.54) is 30.3 Å². The van der Waals surface area contributed by atoms with Crippen LogP contribution in [0.25, 0.3) is 0 Å². The summed E-state index contributed by atoms with van der Waals surface area (Å²) < 4.78 is 26.1. The van der Waals surface area contributed by atoms with Crippen LogP contribution in [0.2, 0.25) is 5.02 Å². The first-order valence-electron chi connectivity index (χ1n) is 7.74. The van der Waals surface area contributed by atoms with Crippen LogP contribution in [0.4, 0.5) is 14.5 Å². The van der Waals surface area contributed by atoms with Gasteiger partial charge in [0.1, 0.15) is 11.6 Å². The number of nitrogens with zero attached hydrogens (tertiary/aromatic N) is 1. The summed E-state index contributed by atoms with van der Waals surface area (Å²) in [4.78, 5) is 14.3. The van der Waals surface area contributed by atoms with Gasteiger partial charge in [-0.05, 0) is 48.7 Å². The molecule has 0 atom stereocenters. The molecule has 0 saturated heterocycles. The molecule has 0 heterocycles. The summed E-state index contributed by atoms with van der Waals surface area (Å²) in [5.74, 6) is -0.986. The minimum absolute atomic E-state index is 0.0295. The molecule has 0 radical (unpaired) electrons. The van der Waals surface area contributed by atoms with Crippen molar-refractivity contribution in [1.29, 1.82) is 0 Å². The van der Waals surface area contributed by atoms with Crippen molar-refractivity contribution in [3.05, 3.63) is 64.7 Å². The van der Waals surface area contributed by atoms with Gasteiger partial charge in [-0.15, -0.1) is 0 Å². The number of anilines is 1. The molecule has 1 aliphatic carbocycles. The molecule has 1 saturated carbocycles. The van der Waals surface area contributed by atoms with Crippen LogP contribution in [0.1, 0.15) is 18.4 Å². The molecule has 0 bridgehead atoms. The molecule has 6 heteroatoms. The molecule has 126 valence electrons. The van der Waals surface area contributed by atoms with E-state index < -0.39 is 5.82 Å². The normalized spacial score (nSPS) is 14.0. The molecule has 3 nitrogen and oxygen atoms in total. The van der Waals surface area contributed by atoms with E-state index in [1.54, 1.807) is 12.1 Å². The molecule has 24 heavy (non-hydrogen) atoms. The first-order valence-corrected chi connectivity index (χ1v) is 8.12. The Kier molecular flexibility index (Phi) is 5.11. The minimum Gasteiger partial charge on any atom is -0.325 e. The van der Waals surface area contributed by atoms with Crippen LogP contribution in [0.15, 0.2) is 42.5 Å². The molecule has 1 fully saturated rings. The average Bonchev–Trinajstić information content (AvgIpc) is 3.37. The van der Waals surface area contributed by atoms with Crippen LogP contribution in [-0.4, -0.2) is 23.4 Å². The van der Waals surface area contributed by atoms with Gasteiger partial charge >= 0.3 is 0 Å². The quantitative estimate of drug-likeness (QED) is 0.846. The third-order valence-corrected chi connectivity index (χ3v) is 4.20. The van der Waals surface area contributed by atoms with E-state index in [4.69, 9.17) is 11.6 Å². The lowest BCUT2D eigenvalue weighted by Crippen LogP contribution is -2.34. The largest absolute Gasteiger partial charge is 0.325 e. The minimum atomic E-state index is -0.523. The van der Waals surface area contributed by atoms with Crippen LogP contribution < -0.4 is 5.32 Å². The summed E-state index contributed by atoms with van der Waals surface area (Å²) in [5.41, 5.74) is 1.42. The van der Waals surface area contributed by atoms with Gasteiger partial charge in [-0.2, -0.15) is 0 Å². The number of carbonyl (C=O) groups is 1. The number of hydrogen-bond donors (Lipinski definition) is 1. The lowest BCUT2D eigenvalue weighted by molar-refractivity contribution is -0.117. The standard InChI is InChI=1S/C18H17ClF2N2O/c19-16-9-14(5-8-17(16)21)22-18(24)11-23(15-6-7-15)10-12-1-3-13(20)4-2-12/h1-5,8-9,15H,6-7,10-11H2,(H,22,24). The molecule has 0 aliphatic heterocycles. The number of benzene rings is 2. The fraction of sp³-hybridized carbons (Fsp3) is 0.278. The predicted molar refractivity (Wildman–Crippen MR) is 89.9 cm³/mol. The maximum absolute atomic E-state index is 13.2. The maximum Gasteiger partial charge on any atom is 0.238 e. The Morgan fingerprint density at radius 2 is 1.88 bits per heavy atom. The van der Waals surface area contributed by atoms with Crippen LogP contribution in [-0.2, 0) is 11.3 Å². The van der Waals surface area contributed by atoms with E-state index >= 15 is 0 Å². The van der Waals surface area contributed by atoms with Crippen molar-refractivity contribution < 1.29 is 13.6 Å². The molecule has 1 amide bonds. The highest BCUT2D eigenvalue weighted by Gasteiger charge is 2.30. The fourth-order valence-corrected chi connectivity index (χ4v) is 2.72. The summed E-state index contributed by atoms with van der Waals surface area (Å²) >= 11 is 5.72. The van der Waals surface area contributed by atoms with Crippen molar-refractivity contribution in [3.8, 4) is 0 Å². The van der Waals surface area contributed by atoms with Gasteiger partial charge in [0.15, 0.2) is 0 Å². The van der Waals surface area contributed by atoms with Crippen molar-refractivity contribution >= 4 is 23.2 Å². The van der Waals surface area contributed by atoms with Crippen molar-refractivity contribution in [2.24, 2.45) is 0 Å². The van der Waals surface area contributed by atoms with Crippen LogP contribution in [0, 0.1) is 11.6 Å². The Bertz CT molecular complexity index is 732. The number of rotatable bonds is 6. The second-order valence-electron chi connectivity index (χ2n) is 5.94. The highest BCUT2D eigenvalue weighted by molar-refractivity contribution is 6.31. The molecule has 0 spiro atoms.